The number of ether oxygens (including phenoxy) is 1. The standard InChI is InChI=1S/C18H16F4N2O4S/c1-7(2)10-5-9(28-8(3)4)6-11-12(10)18(25)24(29(11,26)27)15-13(19)16(21)23-17(22)14(15)20/h5-8H,1-4H3. The fourth-order valence-electron chi connectivity index (χ4n) is 3.02. The summed E-state index contributed by atoms with van der Waals surface area (Å²) in [5.74, 6) is -9.94. The number of pyridine rings is 1. The molecule has 11 heteroatoms. The van der Waals surface area contributed by atoms with Crippen molar-refractivity contribution >= 4 is 21.6 Å². The van der Waals surface area contributed by atoms with Crippen LogP contribution in [0.3, 0.4) is 0 Å². The molecule has 0 spiro atoms. The summed E-state index contributed by atoms with van der Waals surface area (Å²) in [4.78, 5) is 14.7. The third-order valence-electron chi connectivity index (χ3n) is 4.19. The van der Waals surface area contributed by atoms with Crippen LogP contribution in [0.15, 0.2) is 17.0 Å². The van der Waals surface area contributed by atoms with Crippen LogP contribution in [0.4, 0.5) is 23.2 Å². The number of hydrogen-bond donors (Lipinski definition) is 0. The second-order valence-corrected chi connectivity index (χ2v) is 8.71. The molecular formula is C18H16F4N2O4S. The SMILES string of the molecule is CC(C)Oc1cc(C(C)C)c2c(c1)S(=O)(=O)N(c1c(F)c(F)nc(F)c1F)C2=O. The van der Waals surface area contributed by atoms with Crippen LogP contribution in [0.25, 0.3) is 0 Å². The number of aromatic nitrogens is 1. The fraction of sp³-hybridized carbons (Fsp3) is 0.333. The highest BCUT2D eigenvalue weighted by Gasteiger charge is 2.48. The molecule has 0 bridgehead atoms. The van der Waals surface area contributed by atoms with E-state index in [1.54, 1.807) is 27.7 Å². The maximum atomic E-state index is 14.2. The van der Waals surface area contributed by atoms with E-state index in [9.17, 15) is 30.8 Å². The summed E-state index contributed by atoms with van der Waals surface area (Å²) in [5, 5.41) is 0. The first-order chi connectivity index (χ1) is 13.4. The molecule has 1 amide bonds. The van der Waals surface area contributed by atoms with E-state index in [-0.39, 0.29) is 33.2 Å². The Balaban J connectivity index is 2.34. The van der Waals surface area contributed by atoms with Crippen LogP contribution in [-0.2, 0) is 10.0 Å². The van der Waals surface area contributed by atoms with Crippen molar-refractivity contribution in [3.8, 4) is 5.75 Å². The van der Waals surface area contributed by atoms with E-state index in [2.05, 4.69) is 4.98 Å². The zero-order chi connectivity index (χ0) is 21.8. The van der Waals surface area contributed by atoms with Crippen molar-refractivity contribution in [1.82, 2.24) is 4.98 Å². The predicted molar refractivity (Wildman–Crippen MR) is 94.4 cm³/mol. The van der Waals surface area contributed by atoms with Gasteiger partial charge in [0.25, 0.3) is 27.8 Å². The lowest BCUT2D eigenvalue weighted by atomic mass is 9.96. The van der Waals surface area contributed by atoms with Crippen molar-refractivity contribution in [2.75, 3.05) is 4.31 Å². The molecule has 1 aliphatic rings. The summed E-state index contributed by atoms with van der Waals surface area (Å²) in [6.45, 7) is 6.73. The molecule has 0 aliphatic carbocycles. The number of carbonyl (C=O) groups is 1. The first-order valence-electron chi connectivity index (χ1n) is 8.52. The van der Waals surface area contributed by atoms with Crippen LogP contribution < -0.4 is 9.04 Å². The van der Waals surface area contributed by atoms with Gasteiger partial charge in [0.1, 0.15) is 16.3 Å². The molecule has 3 rings (SSSR count). The third kappa shape index (κ3) is 3.22. The molecule has 0 saturated carbocycles. The van der Waals surface area contributed by atoms with Gasteiger partial charge in [-0.1, -0.05) is 13.8 Å². The number of halogens is 4. The smallest absolute Gasteiger partial charge is 0.274 e. The van der Waals surface area contributed by atoms with Gasteiger partial charge < -0.3 is 4.74 Å². The van der Waals surface area contributed by atoms with E-state index in [0.717, 1.165) is 6.07 Å². The Labute approximate surface area is 164 Å². The van der Waals surface area contributed by atoms with E-state index in [4.69, 9.17) is 4.74 Å². The first kappa shape index (κ1) is 21.0. The maximum Gasteiger partial charge on any atom is 0.274 e. The topological polar surface area (TPSA) is 76.6 Å². The second-order valence-electron chi connectivity index (χ2n) is 6.95. The van der Waals surface area contributed by atoms with Gasteiger partial charge in [0.15, 0.2) is 0 Å². The van der Waals surface area contributed by atoms with Crippen molar-refractivity contribution in [3.63, 3.8) is 0 Å². The minimum Gasteiger partial charge on any atom is -0.491 e. The summed E-state index contributed by atoms with van der Waals surface area (Å²) in [7, 11) is -4.88. The number of rotatable bonds is 4. The zero-order valence-corrected chi connectivity index (χ0v) is 16.6. The number of carbonyl (C=O) groups excluding carboxylic acids is 1. The van der Waals surface area contributed by atoms with E-state index >= 15 is 0 Å². The molecule has 1 aromatic carbocycles. The number of benzene rings is 1. The van der Waals surface area contributed by atoms with Crippen LogP contribution in [0.2, 0.25) is 0 Å². The van der Waals surface area contributed by atoms with Gasteiger partial charge in [-0.05, 0) is 31.4 Å². The molecule has 2 heterocycles. The molecule has 0 radical (unpaired) electrons. The van der Waals surface area contributed by atoms with E-state index in [1.807, 2.05) is 0 Å². The quantitative estimate of drug-likeness (QED) is 0.541. The lowest BCUT2D eigenvalue weighted by molar-refractivity contribution is 0.100. The average Bonchev–Trinajstić information content (AvgIpc) is 2.80. The van der Waals surface area contributed by atoms with Crippen molar-refractivity contribution in [1.29, 1.82) is 0 Å². The summed E-state index contributed by atoms with van der Waals surface area (Å²) in [5.41, 5.74) is -1.78. The molecule has 156 valence electrons. The molecule has 29 heavy (non-hydrogen) atoms. The zero-order valence-electron chi connectivity index (χ0n) is 15.8. The van der Waals surface area contributed by atoms with Gasteiger partial charge in [-0.3, -0.25) is 4.79 Å². The average molecular weight is 432 g/mol. The van der Waals surface area contributed by atoms with Crippen LogP contribution in [0, 0.1) is 23.5 Å². The minimum atomic E-state index is -4.88. The van der Waals surface area contributed by atoms with Crippen molar-refractivity contribution in [2.45, 2.75) is 44.6 Å². The number of sulfonamides is 1. The van der Waals surface area contributed by atoms with Gasteiger partial charge >= 0.3 is 0 Å². The second kappa shape index (κ2) is 6.97. The van der Waals surface area contributed by atoms with E-state index < -0.39 is 50.0 Å². The Hall–Kier alpha value is -2.69. The number of fused-ring (bicyclic) bond motifs is 1. The van der Waals surface area contributed by atoms with Crippen LogP contribution >= 0.6 is 0 Å². The van der Waals surface area contributed by atoms with Crippen molar-refractivity contribution < 1.29 is 35.5 Å². The Morgan fingerprint density at radius 2 is 1.55 bits per heavy atom. The van der Waals surface area contributed by atoms with Crippen LogP contribution in [0.5, 0.6) is 5.75 Å². The summed E-state index contributed by atoms with van der Waals surface area (Å²) >= 11 is 0. The first-order valence-corrected chi connectivity index (χ1v) is 9.96. The Kier molecular flexibility index (Phi) is 5.06. The molecule has 6 nitrogen and oxygen atoms in total. The van der Waals surface area contributed by atoms with Gasteiger partial charge in [-0.15, -0.1) is 0 Å². The molecule has 0 fully saturated rings. The van der Waals surface area contributed by atoms with E-state index in [1.165, 1.54) is 6.07 Å². The number of amides is 1. The molecule has 0 saturated heterocycles. The summed E-state index contributed by atoms with van der Waals surface area (Å²) < 4.78 is 86.7. The van der Waals surface area contributed by atoms with Crippen LogP contribution in [0.1, 0.15) is 49.5 Å². The van der Waals surface area contributed by atoms with Gasteiger partial charge in [-0.25, -0.2) is 8.42 Å². The monoisotopic (exact) mass is 432 g/mol. The van der Waals surface area contributed by atoms with Crippen molar-refractivity contribution in [2.24, 2.45) is 0 Å². The molecule has 1 aromatic heterocycles. The molecular weight excluding hydrogens is 416 g/mol. The van der Waals surface area contributed by atoms with E-state index in [0.29, 0.717) is 0 Å². The predicted octanol–water partition coefficient (Wildman–Crippen LogP) is 3.90. The molecule has 2 aromatic rings. The highest BCUT2D eigenvalue weighted by molar-refractivity contribution is 7.94. The third-order valence-corrected chi connectivity index (χ3v) is 5.90. The van der Waals surface area contributed by atoms with Crippen LogP contribution in [-0.4, -0.2) is 25.4 Å². The lowest BCUT2D eigenvalue weighted by Gasteiger charge is -2.16. The van der Waals surface area contributed by atoms with Gasteiger partial charge in [0.2, 0.25) is 11.6 Å². The lowest BCUT2D eigenvalue weighted by Crippen LogP contribution is -2.32. The fourth-order valence-corrected chi connectivity index (χ4v) is 4.66. The molecule has 0 unspecified atom stereocenters. The number of hydrogen-bond acceptors (Lipinski definition) is 5. The summed E-state index contributed by atoms with van der Waals surface area (Å²) in [6, 6.07) is 2.49. The highest BCUT2D eigenvalue weighted by Crippen LogP contribution is 2.42. The van der Waals surface area contributed by atoms with Crippen molar-refractivity contribution in [3.05, 3.63) is 46.8 Å². The van der Waals surface area contributed by atoms with Gasteiger partial charge in [0, 0.05) is 6.07 Å². The minimum absolute atomic E-state index is 0.119. The Bertz CT molecular complexity index is 1110. The maximum absolute atomic E-state index is 14.2. The van der Waals surface area contributed by atoms with Gasteiger partial charge in [0.05, 0.1) is 11.7 Å². The normalized spacial score (nSPS) is 15.4. The molecule has 0 N–H and O–H groups in total. The summed E-state index contributed by atoms with van der Waals surface area (Å²) in [6.07, 6.45) is -0.331. The number of nitrogens with zero attached hydrogens (tertiary/aromatic N) is 2. The van der Waals surface area contributed by atoms with Gasteiger partial charge in [-0.2, -0.15) is 26.9 Å². The number of anilines is 1. The Morgan fingerprint density at radius 3 is 2.03 bits per heavy atom. The molecule has 0 atom stereocenters. The largest absolute Gasteiger partial charge is 0.491 e. The molecule has 1 aliphatic heterocycles. The Morgan fingerprint density at radius 1 is 1.00 bits per heavy atom. The highest BCUT2D eigenvalue weighted by atomic mass is 32.2.